The van der Waals surface area contributed by atoms with Gasteiger partial charge in [0.1, 0.15) is 15.8 Å². The summed E-state index contributed by atoms with van der Waals surface area (Å²) in [4.78, 5) is 11.4. The smallest absolute Gasteiger partial charge is 0.406 e. The van der Waals surface area contributed by atoms with Gasteiger partial charge in [-0.15, -0.1) is 23.4 Å². The molecule has 1 aromatic heterocycles. The number of aromatic nitrogens is 2. The second-order valence-electron chi connectivity index (χ2n) is 5.56. The van der Waals surface area contributed by atoms with Gasteiger partial charge in [-0.1, -0.05) is 11.3 Å². The second kappa shape index (κ2) is 8.95. The molecular formula is C16H19F3N4O2S. The van der Waals surface area contributed by atoms with Gasteiger partial charge >= 0.3 is 6.36 Å². The van der Waals surface area contributed by atoms with Gasteiger partial charge in [0.05, 0.1) is 6.04 Å². The molecule has 1 atom stereocenters. The van der Waals surface area contributed by atoms with E-state index in [1.54, 1.807) is 0 Å². The van der Waals surface area contributed by atoms with Gasteiger partial charge < -0.3 is 15.8 Å². The van der Waals surface area contributed by atoms with Gasteiger partial charge in [0.15, 0.2) is 0 Å². The summed E-state index contributed by atoms with van der Waals surface area (Å²) in [7, 11) is 0. The highest BCUT2D eigenvalue weighted by molar-refractivity contribution is 7.14. The normalized spacial score (nSPS) is 12.7. The molecule has 26 heavy (non-hydrogen) atoms. The van der Waals surface area contributed by atoms with Crippen LogP contribution in [-0.2, 0) is 4.79 Å². The van der Waals surface area contributed by atoms with Crippen LogP contribution < -0.4 is 15.8 Å². The van der Waals surface area contributed by atoms with E-state index in [9.17, 15) is 18.0 Å². The molecule has 1 amide bonds. The number of hydrogen-bond acceptors (Lipinski definition) is 6. The molecule has 3 N–H and O–H groups in total. The monoisotopic (exact) mass is 388 g/mol. The number of nitrogens with two attached hydrogens (primary N) is 1. The molecule has 0 aliphatic carbocycles. The number of halogens is 3. The highest BCUT2D eigenvalue weighted by Crippen LogP contribution is 2.31. The van der Waals surface area contributed by atoms with Crippen molar-refractivity contribution in [3.8, 4) is 16.3 Å². The molecule has 0 radical (unpaired) electrons. The number of carbonyl (C=O) groups is 1. The molecular weight excluding hydrogens is 369 g/mol. The van der Waals surface area contributed by atoms with Crippen molar-refractivity contribution in [2.45, 2.75) is 38.6 Å². The summed E-state index contributed by atoms with van der Waals surface area (Å²) in [6.07, 6.45) is -2.38. The van der Waals surface area contributed by atoms with Crippen molar-refractivity contribution >= 4 is 17.2 Å². The lowest BCUT2D eigenvalue weighted by atomic mass is 10.1. The molecule has 1 unspecified atom stereocenters. The molecule has 0 aliphatic rings. The Balaban J connectivity index is 2.12. The fourth-order valence-corrected chi connectivity index (χ4v) is 3.22. The maximum absolute atomic E-state index is 12.2. The summed E-state index contributed by atoms with van der Waals surface area (Å²) in [5.74, 6) is -0.475. The minimum atomic E-state index is -4.73. The van der Waals surface area contributed by atoms with E-state index in [-0.39, 0.29) is 17.7 Å². The van der Waals surface area contributed by atoms with Crippen LogP contribution in [0.15, 0.2) is 24.3 Å². The molecule has 6 nitrogen and oxygen atoms in total. The van der Waals surface area contributed by atoms with E-state index < -0.39 is 6.36 Å². The molecule has 1 heterocycles. The van der Waals surface area contributed by atoms with Crippen LogP contribution in [-0.4, -0.2) is 29.0 Å². The predicted octanol–water partition coefficient (Wildman–Crippen LogP) is 3.41. The molecule has 0 saturated carbocycles. The first-order chi connectivity index (χ1) is 12.3. The van der Waals surface area contributed by atoms with Crippen LogP contribution in [0.5, 0.6) is 5.75 Å². The van der Waals surface area contributed by atoms with Crippen LogP contribution in [0, 0.1) is 0 Å². The van der Waals surface area contributed by atoms with Gasteiger partial charge in [-0.3, -0.25) is 4.79 Å². The number of unbranched alkanes of at least 4 members (excludes halogenated alkanes) is 1. The number of nitrogens with zero attached hydrogens (tertiary/aromatic N) is 2. The molecule has 0 spiro atoms. The zero-order valence-corrected chi connectivity index (χ0v) is 14.9. The molecule has 1 aromatic carbocycles. The summed E-state index contributed by atoms with van der Waals surface area (Å²) in [6.45, 7) is 2.00. The molecule has 0 bridgehead atoms. The van der Waals surface area contributed by atoms with E-state index in [0.717, 1.165) is 12.8 Å². The Morgan fingerprint density at radius 1 is 1.27 bits per heavy atom. The third kappa shape index (κ3) is 6.26. The van der Waals surface area contributed by atoms with E-state index in [0.29, 0.717) is 28.5 Å². The predicted molar refractivity (Wildman–Crippen MR) is 91.5 cm³/mol. The third-order valence-electron chi connectivity index (χ3n) is 3.40. The van der Waals surface area contributed by atoms with Gasteiger partial charge in [-0.2, -0.15) is 0 Å². The van der Waals surface area contributed by atoms with E-state index in [2.05, 4.69) is 20.3 Å². The fraction of sp³-hybridized carbons (Fsp3) is 0.438. The van der Waals surface area contributed by atoms with Gasteiger partial charge in [0.2, 0.25) is 5.91 Å². The zero-order valence-electron chi connectivity index (χ0n) is 14.0. The second-order valence-corrected chi connectivity index (χ2v) is 6.56. The maximum atomic E-state index is 12.2. The zero-order chi connectivity index (χ0) is 19.2. The van der Waals surface area contributed by atoms with Crippen molar-refractivity contribution in [2.75, 3.05) is 6.54 Å². The number of alkyl halides is 3. The Labute approximate surface area is 152 Å². The number of ether oxygens (including phenoxy) is 1. The summed E-state index contributed by atoms with van der Waals surface area (Å²) in [5, 5.41) is 12.2. The number of rotatable bonds is 8. The summed E-state index contributed by atoms with van der Waals surface area (Å²) in [6, 6.07) is 5.13. The Hall–Kier alpha value is -2.20. The van der Waals surface area contributed by atoms with Crippen molar-refractivity contribution in [1.82, 2.24) is 15.5 Å². The molecule has 10 heteroatoms. The average Bonchev–Trinajstić information content (AvgIpc) is 3.03. The average molecular weight is 388 g/mol. The first kappa shape index (κ1) is 20.1. The minimum Gasteiger partial charge on any atom is -0.406 e. The van der Waals surface area contributed by atoms with Crippen molar-refractivity contribution in [3.63, 3.8) is 0 Å². The van der Waals surface area contributed by atoms with Crippen molar-refractivity contribution in [2.24, 2.45) is 5.73 Å². The third-order valence-corrected chi connectivity index (χ3v) is 4.48. The Kier molecular flexibility index (Phi) is 6.92. The maximum Gasteiger partial charge on any atom is 0.573 e. The van der Waals surface area contributed by atoms with Crippen molar-refractivity contribution in [1.29, 1.82) is 0 Å². The highest BCUT2D eigenvalue weighted by atomic mass is 32.1. The molecule has 0 aliphatic heterocycles. The van der Waals surface area contributed by atoms with Crippen LogP contribution in [0.4, 0.5) is 13.2 Å². The highest BCUT2D eigenvalue weighted by Gasteiger charge is 2.31. The lowest BCUT2D eigenvalue weighted by Crippen LogP contribution is -2.26. The molecule has 0 fully saturated rings. The van der Waals surface area contributed by atoms with Crippen LogP contribution >= 0.6 is 11.3 Å². The first-order valence-electron chi connectivity index (χ1n) is 7.95. The Bertz CT molecular complexity index is 719. The van der Waals surface area contributed by atoms with Gasteiger partial charge in [0.25, 0.3) is 0 Å². The van der Waals surface area contributed by atoms with Crippen molar-refractivity contribution in [3.05, 3.63) is 29.3 Å². The fourth-order valence-electron chi connectivity index (χ4n) is 2.29. The summed E-state index contributed by atoms with van der Waals surface area (Å²) < 4.78 is 40.5. The number of benzene rings is 1. The van der Waals surface area contributed by atoms with Gasteiger partial charge in [-0.05, 0) is 50.1 Å². The quantitative estimate of drug-likeness (QED) is 0.677. The first-order valence-corrected chi connectivity index (χ1v) is 8.77. The lowest BCUT2D eigenvalue weighted by Gasteiger charge is -2.14. The van der Waals surface area contributed by atoms with Crippen LogP contribution in [0.3, 0.4) is 0 Å². The molecule has 142 valence electrons. The molecule has 2 aromatic rings. The van der Waals surface area contributed by atoms with Crippen molar-refractivity contribution < 1.29 is 22.7 Å². The summed E-state index contributed by atoms with van der Waals surface area (Å²) in [5.41, 5.74) is 6.11. The van der Waals surface area contributed by atoms with Gasteiger partial charge in [-0.25, -0.2) is 0 Å². The van der Waals surface area contributed by atoms with E-state index >= 15 is 0 Å². The minimum absolute atomic E-state index is 0.173. The lowest BCUT2D eigenvalue weighted by molar-refractivity contribution is -0.274. The molecule has 2 rings (SSSR count). The topological polar surface area (TPSA) is 90.1 Å². The van der Waals surface area contributed by atoms with Crippen LogP contribution in [0.1, 0.15) is 37.2 Å². The summed E-state index contributed by atoms with van der Waals surface area (Å²) >= 11 is 1.28. The Morgan fingerprint density at radius 3 is 2.54 bits per heavy atom. The number of amides is 1. The number of carbonyl (C=O) groups excluding carboxylic acids is 1. The van der Waals surface area contributed by atoms with E-state index in [1.165, 1.54) is 42.5 Å². The van der Waals surface area contributed by atoms with Crippen LogP contribution in [0.25, 0.3) is 10.6 Å². The Morgan fingerprint density at radius 2 is 1.96 bits per heavy atom. The van der Waals surface area contributed by atoms with Gasteiger partial charge in [0, 0.05) is 12.5 Å². The number of nitrogens with one attached hydrogen (secondary N) is 1. The molecule has 0 saturated heterocycles. The van der Waals surface area contributed by atoms with E-state index in [1.807, 2.05) is 0 Å². The largest absolute Gasteiger partial charge is 0.573 e. The number of hydrogen-bond donors (Lipinski definition) is 2. The van der Waals surface area contributed by atoms with E-state index in [4.69, 9.17) is 5.73 Å². The van der Waals surface area contributed by atoms with Crippen LogP contribution in [0.2, 0.25) is 0 Å². The standard InChI is InChI=1S/C16H19F3N4O2S/c1-10(24)21-13(4-2-3-9-20)15-23-22-14(26-15)11-5-7-12(8-6-11)25-16(17,18)19/h5-8,13H,2-4,9,20H2,1H3,(H,21,24). The SMILES string of the molecule is CC(=O)NC(CCCCN)c1nnc(-c2ccc(OC(F)(F)F)cc2)s1.